The molecule has 0 aliphatic rings. The van der Waals surface area contributed by atoms with Crippen LogP contribution < -0.4 is 11.1 Å². The first-order valence-corrected chi connectivity index (χ1v) is 5.85. The quantitative estimate of drug-likeness (QED) is 0.775. The molecule has 1 unspecified atom stereocenters. The van der Waals surface area contributed by atoms with Crippen LogP contribution in [0.3, 0.4) is 0 Å². The fraction of sp³-hybridized carbons (Fsp3) is 0.538. The molecule has 3 heteroatoms. The third-order valence-corrected chi connectivity index (χ3v) is 2.77. The van der Waals surface area contributed by atoms with Gasteiger partial charge in [-0.15, -0.1) is 0 Å². The van der Waals surface area contributed by atoms with E-state index in [1.165, 1.54) is 5.56 Å². The number of hydrogen-bond acceptors (Lipinski definition) is 2. The van der Waals surface area contributed by atoms with Gasteiger partial charge in [0.15, 0.2) is 0 Å². The van der Waals surface area contributed by atoms with Gasteiger partial charge in [0.05, 0.1) is 0 Å². The molecule has 0 spiro atoms. The second-order valence-electron chi connectivity index (χ2n) is 4.14. The highest BCUT2D eigenvalue weighted by Crippen LogP contribution is 2.12. The van der Waals surface area contributed by atoms with Crippen molar-refractivity contribution < 1.29 is 4.39 Å². The van der Waals surface area contributed by atoms with Crippen LogP contribution in [0, 0.1) is 12.7 Å². The van der Waals surface area contributed by atoms with Crippen molar-refractivity contribution in [2.45, 2.75) is 32.7 Å². The molecule has 1 aromatic carbocycles. The lowest BCUT2D eigenvalue weighted by Crippen LogP contribution is -2.34. The summed E-state index contributed by atoms with van der Waals surface area (Å²) in [6.45, 7) is 5.43. The van der Waals surface area contributed by atoms with Gasteiger partial charge in [0, 0.05) is 19.1 Å². The van der Waals surface area contributed by atoms with Crippen molar-refractivity contribution in [2.24, 2.45) is 5.73 Å². The first-order valence-electron chi connectivity index (χ1n) is 5.85. The number of hydrogen-bond donors (Lipinski definition) is 2. The summed E-state index contributed by atoms with van der Waals surface area (Å²) in [6.07, 6.45) is 1.98. The van der Waals surface area contributed by atoms with Gasteiger partial charge in [0.2, 0.25) is 0 Å². The zero-order valence-electron chi connectivity index (χ0n) is 10.1. The third kappa shape index (κ3) is 3.91. The van der Waals surface area contributed by atoms with Gasteiger partial charge < -0.3 is 11.1 Å². The molecule has 0 aliphatic carbocycles. The Labute approximate surface area is 97.0 Å². The summed E-state index contributed by atoms with van der Waals surface area (Å²) in [5.41, 5.74) is 7.35. The fourth-order valence-corrected chi connectivity index (χ4v) is 1.77. The Balaban J connectivity index is 2.59. The van der Waals surface area contributed by atoms with Gasteiger partial charge in [-0.1, -0.05) is 19.1 Å². The molecule has 90 valence electrons. The molecule has 0 radical (unpaired) electrons. The summed E-state index contributed by atoms with van der Waals surface area (Å²) in [5.74, 6) is -0.133. The van der Waals surface area contributed by atoms with E-state index < -0.39 is 0 Å². The highest BCUT2D eigenvalue weighted by atomic mass is 19.1. The van der Waals surface area contributed by atoms with Crippen molar-refractivity contribution in [3.8, 4) is 0 Å². The molecule has 3 N–H and O–H groups in total. The number of benzene rings is 1. The monoisotopic (exact) mass is 224 g/mol. The van der Waals surface area contributed by atoms with Crippen molar-refractivity contribution in [1.29, 1.82) is 0 Å². The van der Waals surface area contributed by atoms with Crippen molar-refractivity contribution in [2.75, 3.05) is 13.1 Å². The molecule has 0 aromatic heterocycles. The predicted octanol–water partition coefficient (Wildman–Crippen LogP) is 2.00. The standard InChI is InChI=1S/C13H21FN2/c1-3-12(16-7-6-15)9-11-4-5-13(14)10(2)8-11/h4-5,8,12,16H,3,6-7,9,15H2,1-2H3. The third-order valence-electron chi connectivity index (χ3n) is 2.77. The van der Waals surface area contributed by atoms with E-state index in [9.17, 15) is 4.39 Å². The summed E-state index contributed by atoms with van der Waals surface area (Å²) < 4.78 is 13.1. The summed E-state index contributed by atoms with van der Waals surface area (Å²) in [7, 11) is 0. The summed E-state index contributed by atoms with van der Waals surface area (Å²) >= 11 is 0. The molecular formula is C13H21FN2. The normalized spacial score (nSPS) is 12.8. The van der Waals surface area contributed by atoms with E-state index in [-0.39, 0.29) is 5.82 Å². The lowest BCUT2D eigenvalue weighted by molar-refractivity contribution is 0.501. The Morgan fingerprint density at radius 2 is 2.19 bits per heavy atom. The Bertz CT molecular complexity index is 326. The second-order valence-corrected chi connectivity index (χ2v) is 4.14. The molecule has 0 fully saturated rings. The average Bonchev–Trinajstić information content (AvgIpc) is 2.29. The van der Waals surface area contributed by atoms with Gasteiger partial charge in [-0.3, -0.25) is 0 Å². The SMILES string of the molecule is CCC(Cc1ccc(F)c(C)c1)NCCN. The number of nitrogens with one attached hydrogen (secondary N) is 1. The van der Waals surface area contributed by atoms with E-state index in [0.717, 1.165) is 19.4 Å². The predicted molar refractivity (Wildman–Crippen MR) is 66.0 cm³/mol. The van der Waals surface area contributed by atoms with Crippen LogP contribution in [0.5, 0.6) is 0 Å². The molecule has 2 nitrogen and oxygen atoms in total. The van der Waals surface area contributed by atoms with Gasteiger partial charge in [-0.05, 0) is 37.0 Å². The van der Waals surface area contributed by atoms with Crippen LogP contribution in [-0.2, 0) is 6.42 Å². The highest BCUT2D eigenvalue weighted by molar-refractivity contribution is 5.24. The van der Waals surface area contributed by atoms with Gasteiger partial charge in [0.1, 0.15) is 5.82 Å². The van der Waals surface area contributed by atoms with Gasteiger partial charge in [-0.2, -0.15) is 0 Å². The van der Waals surface area contributed by atoms with Gasteiger partial charge in [0.25, 0.3) is 0 Å². The average molecular weight is 224 g/mol. The molecular weight excluding hydrogens is 203 g/mol. The largest absolute Gasteiger partial charge is 0.329 e. The van der Waals surface area contributed by atoms with E-state index >= 15 is 0 Å². The van der Waals surface area contributed by atoms with Crippen molar-refractivity contribution in [1.82, 2.24) is 5.32 Å². The van der Waals surface area contributed by atoms with Crippen LogP contribution in [-0.4, -0.2) is 19.1 Å². The molecule has 0 bridgehead atoms. The minimum atomic E-state index is -0.133. The zero-order valence-corrected chi connectivity index (χ0v) is 10.1. The maximum atomic E-state index is 13.1. The lowest BCUT2D eigenvalue weighted by atomic mass is 10.0. The maximum absolute atomic E-state index is 13.1. The van der Waals surface area contributed by atoms with Crippen LogP contribution in [0.2, 0.25) is 0 Å². The minimum absolute atomic E-state index is 0.133. The number of nitrogens with two attached hydrogens (primary N) is 1. The zero-order chi connectivity index (χ0) is 12.0. The van der Waals surface area contributed by atoms with Gasteiger partial charge >= 0.3 is 0 Å². The molecule has 0 saturated carbocycles. The number of halogens is 1. The second kappa shape index (κ2) is 6.61. The minimum Gasteiger partial charge on any atom is -0.329 e. The van der Waals surface area contributed by atoms with Gasteiger partial charge in [-0.25, -0.2) is 4.39 Å². The van der Waals surface area contributed by atoms with E-state index in [1.54, 1.807) is 13.0 Å². The smallest absolute Gasteiger partial charge is 0.126 e. The first-order chi connectivity index (χ1) is 7.67. The number of aryl methyl sites for hydroxylation is 1. The molecule has 1 atom stereocenters. The van der Waals surface area contributed by atoms with Crippen molar-refractivity contribution in [3.05, 3.63) is 35.1 Å². The molecule has 1 aromatic rings. The van der Waals surface area contributed by atoms with Crippen LogP contribution in [0.1, 0.15) is 24.5 Å². The molecule has 0 aliphatic heterocycles. The molecule has 0 heterocycles. The summed E-state index contributed by atoms with van der Waals surface area (Å²) in [5, 5.41) is 3.38. The number of rotatable bonds is 6. The van der Waals surface area contributed by atoms with Crippen molar-refractivity contribution in [3.63, 3.8) is 0 Å². The maximum Gasteiger partial charge on any atom is 0.126 e. The highest BCUT2D eigenvalue weighted by Gasteiger charge is 2.07. The van der Waals surface area contributed by atoms with Crippen molar-refractivity contribution >= 4 is 0 Å². The molecule has 0 amide bonds. The Hall–Kier alpha value is -0.930. The summed E-state index contributed by atoms with van der Waals surface area (Å²) in [6, 6.07) is 5.74. The van der Waals surface area contributed by atoms with Crippen LogP contribution in [0.25, 0.3) is 0 Å². The molecule has 0 saturated heterocycles. The molecule has 16 heavy (non-hydrogen) atoms. The topological polar surface area (TPSA) is 38.0 Å². The fourth-order valence-electron chi connectivity index (χ4n) is 1.77. The van der Waals surface area contributed by atoms with E-state index in [1.807, 2.05) is 12.1 Å². The Morgan fingerprint density at radius 1 is 1.44 bits per heavy atom. The van der Waals surface area contributed by atoms with Crippen LogP contribution >= 0.6 is 0 Å². The Morgan fingerprint density at radius 3 is 2.75 bits per heavy atom. The summed E-state index contributed by atoms with van der Waals surface area (Å²) in [4.78, 5) is 0. The Kier molecular flexibility index (Phi) is 5.43. The van der Waals surface area contributed by atoms with E-state index in [2.05, 4.69) is 12.2 Å². The van der Waals surface area contributed by atoms with E-state index in [4.69, 9.17) is 5.73 Å². The van der Waals surface area contributed by atoms with Crippen LogP contribution in [0.15, 0.2) is 18.2 Å². The first kappa shape index (κ1) is 13.1. The van der Waals surface area contributed by atoms with Crippen LogP contribution in [0.4, 0.5) is 4.39 Å². The molecule has 1 rings (SSSR count). The lowest BCUT2D eigenvalue weighted by Gasteiger charge is -2.16. The van der Waals surface area contributed by atoms with E-state index in [0.29, 0.717) is 18.2 Å².